The SMILES string of the molecule is C=C(C(=O)OC)N(C)c1nc(-c2ccc(C)cc2)cs1. The van der Waals surface area contributed by atoms with Gasteiger partial charge in [-0.15, -0.1) is 11.3 Å². The normalized spacial score (nSPS) is 10.2. The van der Waals surface area contributed by atoms with Crippen LogP contribution in [0.15, 0.2) is 41.9 Å². The van der Waals surface area contributed by atoms with Crippen molar-refractivity contribution in [2.75, 3.05) is 19.1 Å². The Hall–Kier alpha value is -2.14. The summed E-state index contributed by atoms with van der Waals surface area (Å²) in [6.45, 7) is 5.76. The van der Waals surface area contributed by atoms with E-state index in [1.807, 2.05) is 36.6 Å². The van der Waals surface area contributed by atoms with Gasteiger partial charge >= 0.3 is 5.97 Å². The molecule has 1 aromatic carbocycles. The van der Waals surface area contributed by atoms with E-state index in [0.717, 1.165) is 11.3 Å². The Morgan fingerprint density at radius 1 is 1.35 bits per heavy atom. The van der Waals surface area contributed by atoms with Gasteiger partial charge in [0.25, 0.3) is 0 Å². The van der Waals surface area contributed by atoms with E-state index in [1.54, 1.807) is 11.9 Å². The largest absolute Gasteiger partial charge is 0.464 e. The summed E-state index contributed by atoms with van der Waals surface area (Å²) in [5.41, 5.74) is 3.40. The van der Waals surface area contributed by atoms with Crippen LogP contribution in [-0.4, -0.2) is 25.1 Å². The van der Waals surface area contributed by atoms with Crippen LogP contribution in [0.5, 0.6) is 0 Å². The van der Waals surface area contributed by atoms with Gasteiger partial charge in [0.2, 0.25) is 0 Å². The summed E-state index contributed by atoms with van der Waals surface area (Å²) in [7, 11) is 3.08. The summed E-state index contributed by atoms with van der Waals surface area (Å²) in [5, 5.41) is 2.66. The molecule has 2 aromatic rings. The summed E-state index contributed by atoms with van der Waals surface area (Å²) in [6, 6.07) is 8.16. The minimum Gasteiger partial charge on any atom is -0.464 e. The third-order valence-electron chi connectivity index (χ3n) is 2.95. The molecule has 4 nitrogen and oxygen atoms in total. The Kier molecular flexibility index (Phi) is 4.20. The van der Waals surface area contributed by atoms with E-state index >= 15 is 0 Å². The zero-order valence-corrected chi connectivity index (χ0v) is 12.5. The Morgan fingerprint density at radius 2 is 2.00 bits per heavy atom. The number of esters is 1. The highest BCUT2D eigenvalue weighted by atomic mass is 32.1. The van der Waals surface area contributed by atoms with Gasteiger partial charge in [0.05, 0.1) is 12.8 Å². The lowest BCUT2D eigenvalue weighted by atomic mass is 10.1. The van der Waals surface area contributed by atoms with E-state index in [1.165, 1.54) is 24.0 Å². The molecule has 0 saturated heterocycles. The number of likely N-dealkylation sites (N-methyl/N-ethyl adjacent to an activating group) is 1. The van der Waals surface area contributed by atoms with Crippen LogP contribution in [-0.2, 0) is 9.53 Å². The maximum absolute atomic E-state index is 11.5. The Morgan fingerprint density at radius 3 is 2.60 bits per heavy atom. The fourth-order valence-electron chi connectivity index (χ4n) is 1.65. The highest BCUT2D eigenvalue weighted by Gasteiger charge is 2.16. The monoisotopic (exact) mass is 288 g/mol. The number of carbonyl (C=O) groups is 1. The van der Waals surface area contributed by atoms with E-state index < -0.39 is 5.97 Å². The second kappa shape index (κ2) is 5.88. The number of aryl methyl sites for hydroxylation is 1. The van der Waals surface area contributed by atoms with Gasteiger partial charge in [0.1, 0.15) is 5.70 Å². The zero-order chi connectivity index (χ0) is 14.7. The molecule has 0 aliphatic rings. The van der Waals surface area contributed by atoms with Gasteiger partial charge in [0.15, 0.2) is 5.13 Å². The predicted octanol–water partition coefficient (Wildman–Crippen LogP) is 3.24. The topological polar surface area (TPSA) is 42.4 Å². The number of hydrogen-bond acceptors (Lipinski definition) is 5. The molecular formula is C15H16N2O2S. The summed E-state index contributed by atoms with van der Waals surface area (Å²) in [5.74, 6) is -0.459. The summed E-state index contributed by atoms with van der Waals surface area (Å²) in [6.07, 6.45) is 0. The van der Waals surface area contributed by atoms with Crippen molar-refractivity contribution in [2.45, 2.75) is 6.92 Å². The molecule has 0 atom stereocenters. The summed E-state index contributed by atoms with van der Waals surface area (Å²) in [4.78, 5) is 17.6. The van der Waals surface area contributed by atoms with Crippen molar-refractivity contribution in [3.8, 4) is 11.3 Å². The number of ether oxygens (including phenoxy) is 1. The molecule has 20 heavy (non-hydrogen) atoms. The second-order valence-corrected chi connectivity index (χ2v) is 5.22. The van der Waals surface area contributed by atoms with Crippen LogP contribution in [0.4, 0.5) is 5.13 Å². The molecular weight excluding hydrogens is 272 g/mol. The van der Waals surface area contributed by atoms with Crippen LogP contribution in [0.3, 0.4) is 0 Å². The molecule has 0 radical (unpaired) electrons. The quantitative estimate of drug-likeness (QED) is 0.640. The van der Waals surface area contributed by atoms with E-state index in [2.05, 4.69) is 16.3 Å². The molecule has 104 valence electrons. The van der Waals surface area contributed by atoms with Crippen LogP contribution in [0.25, 0.3) is 11.3 Å². The van der Waals surface area contributed by atoms with Gasteiger partial charge in [-0.25, -0.2) is 9.78 Å². The minimum atomic E-state index is -0.459. The van der Waals surface area contributed by atoms with Gasteiger partial charge in [-0.05, 0) is 6.92 Å². The first-order valence-corrected chi connectivity index (χ1v) is 6.94. The number of rotatable bonds is 4. The number of anilines is 1. The van der Waals surface area contributed by atoms with E-state index in [4.69, 9.17) is 0 Å². The smallest absolute Gasteiger partial charge is 0.354 e. The lowest BCUT2D eigenvalue weighted by molar-refractivity contribution is -0.136. The number of hydrogen-bond donors (Lipinski definition) is 0. The highest BCUT2D eigenvalue weighted by Crippen LogP contribution is 2.28. The van der Waals surface area contributed by atoms with Crippen LogP contribution < -0.4 is 4.90 Å². The third-order valence-corrected chi connectivity index (χ3v) is 3.87. The predicted molar refractivity (Wildman–Crippen MR) is 81.8 cm³/mol. The Balaban J connectivity index is 2.22. The van der Waals surface area contributed by atoms with Crippen molar-refractivity contribution in [3.05, 3.63) is 47.5 Å². The number of carbonyl (C=O) groups excluding carboxylic acids is 1. The standard InChI is InChI=1S/C15H16N2O2S/c1-10-5-7-12(8-6-10)13-9-20-15(16-13)17(3)11(2)14(18)19-4/h5-9H,2H2,1,3-4H3. The first kappa shape index (κ1) is 14.3. The fourth-order valence-corrected chi connectivity index (χ4v) is 2.47. The molecule has 0 fully saturated rings. The molecule has 0 spiro atoms. The maximum atomic E-state index is 11.5. The van der Waals surface area contributed by atoms with Crippen molar-refractivity contribution in [1.29, 1.82) is 0 Å². The van der Waals surface area contributed by atoms with Gasteiger partial charge in [-0.3, -0.25) is 0 Å². The number of benzene rings is 1. The van der Waals surface area contributed by atoms with Crippen LogP contribution in [0.2, 0.25) is 0 Å². The zero-order valence-electron chi connectivity index (χ0n) is 11.7. The Labute approximate surface area is 122 Å². The highest BCUT2D eigenvalue weighted by molar-refractivity contribution is 7.14. The van der Waals surface area contributed by atoms with Crippen molar-refractivity contribution in [2.24, 2.45) is 0 Å². The van der Waals surface area contributed by atoms with Crippen LogP contribution >= 0.6 is 11.3 Å². The molecule has 2 rings (SSSR count). The number of thiazole rings is 1. The molecule has 0 bridgehead atoms. The van der Waals surface area contributed by atoms with Gasteiger partial charge in [-0.1, -0.05) is 36.4 Å². The molecule has 0 aliphatic carbocycles. The van der Waals surface area contributed by atoms with Gasteiger partial charge in [0, 0.05) is 18.0 Å². The molecule has 1 aromatic heterocycles. The van der Waals surface area contributed by atoms with Crippen molar-refractivity contribution in [1.82, 2.24) is 4.98 Å². The third kappa shape index (κ3) is 2.88. The summed E-state index contributed by atoms with van der Waals surface area (Å²) >= 11 is 1.46. The lowest BCUT2D eigenvalue weighted by Gasteiger charge is -2.16. The van der Waals surface area contributed by atoms with E-state index in [-0.39, 0.29) is 5.70 Å². The number of methoxy groups -OCH3 is 1. The van der Waals surface area contributed by atoms with Gasteiger partial charge in [-0.2, -0.15) is 0 Å². The second-order valence-electron chi connectivity index (χ2n) is 4.38. The van der Waals surface area contributed by atoms with Gasteiger partial charge < -0.3 is 9.64 Å². The van der Waals surface area contributed by atoms with Crippen LogP contribution in [0.1, 0.15) is 5.56 Å². The number of aromatic nitrogens is 1. The fraction of sp³-hybridized carbons (Fsp3) is 0.200. The summed E-state index contributed by atoms with van der Waals surface area (Å²) < 4.78 is 4.66. The minimum absolute atomic E-state index is 0.261. The maximum Gasteiger partial charge on any atom is 0.354 e. The lowest BCUT2D eigenvalue weighted by Crippen LogP contribution is -2.22. The molecule has 0 saturated carbocycles. The first-order valence-electron chi connectivity index (χ1n) is 6.06. The van der Waals surface area contributed by atoms with E-state index in [9.17, 15) is 4.79 Å². The molecule has 1 heterocycles. The van der Waals surface area contributed by atoms with E-state index in [0.29, 0.717) is 5.13 Å². The molecule has 0 amide bonds. The van der Waals surface area contributed by atoms with Crippen LogP contribution in [0, 0.1) is 6.92 Å². The van der Waals surface area contributed by atoms with Crippen molar-refractivity contribution < 1.29 is 9.53 Å². The molecule has 0 unspecified atom stereocenters. The molecule has 5 heteroatoms. The van der Waals surface area contributed by atoms with Crippen molar-refractivity contribution >= 4 is 22.4 Å². The molecule has 0 aliphatic heterocycles. The van der Waals surface area contributed by atoms with Crippen molar-refractivity contribution in [3.63, 3.8) is 0 Å². The number of nitrogens with zero attached hydrogens (tertiary/aromatic N) is 2. The average Bonchev–Trinajstić information content (AvgIpc) is 2.95. The Bertz CT molecular complexity index is 632. The molecule has 0 N–H and O–H groups in total. The average molecular weight is 288 g/mol. The first-order chi connectivity index (χ1) is 9.52.